The minimum atomic E-state index is -3.77. The molecule has 1 aliphatic carbocycles. The molecule has 3 nitrogen and oxygen atoms in total. The van der Waals surface area contributed by atoms with Crippen LogP contribution in [0.2, 0.25) is 0 Å². The second kappa shape index (κ2) is 6.12. The van der Waals surface area contributed by atoms with E-state index >= 15 is 0 Å². The van der Waals surface area contributed by atoms with Gasteiger partial charge in [0.05, 0.1) is 0 Å². The van der Waals surface area contributed by atoms with Gasteiger partial charge >= 0.3 is 0 Å². The number of hydrogen-bond donors (Lipinski definition) is 0. The highest BCUT2D eigenvalue weighted by atomic mass is 79.9. The predicted molar refractivity (Wildman–Crippen MR) is 80.5 cm³/mol. The van der Waals surface area contributed by atoms with E-state index in [9.17, 15) is 12.8 Å². The van der Waals surface area contributed by atoms with E-state index in [0.717, 1.165) is 25.7 Å². The van der Waals surface area contributed by atoms with Crippen LogP contribution in [0.3, 0.4) is 0 Å². The Morgan fingerprint density at radius 3 is 2.40 bits per heavy atom. The molecule has 1 saturated carbocycles. The van der Waals surface area contributed by atoms with Crippen molar-refractivity contribution in [1.29, 1.82) is 0 Å². The third-order valence-electron chi connectivity index (χ3n) is 4.05. The zero-order chi connectivity index (χ0) is 14.9. The summed E-state index contributed by atoms with van der Waals surface area (Å²) in [6.45, 7) is 2.18. The molecule has 0 N–H and O–H groups in total. The zero-order valence-corrected chi connectivity index (χ0v) is 14.0. The van der Waals surface area contributed by atoms with Gasteiger partial charge < -0.3 is 0 Å². The van der Waals surface area contributed by atoms with Crippen LogP contribution >= 0.6 is 15.9 Å². The second-order valence-electron chi connectivity index (χ2n) is 5.51. The topological polar surface area (TPSA) is 37.4 Å². The van der Waals surface area contributed by atoms with Crippen molar-refractivity contribution in [1.82, 2.24) is 4.31 Å². The first-order valence-corrected chi connectivity index (χ1v) is 8.98. The van der Waals surface area contributed by atoms with Crippen LogP contribution in [0.25, 0.3) is 0 Å². The summed E-state index contributed by atoms with van der Waals surface area (Å²) in [7, 11) is -2.21. The fourth-order valence-corrected chi connectivity index (χ4v) is 4.43. The van der Waals surface area contributed by atoms with E-state index in [1.165, 1.54) is 16.4 Å². The van der Waals surface area contributed by atoms with Crippen LogP contribution in [-0.2, 0) is 10.0 Å². The molecule has 1 aromatic carbocycles. The number of hydrogen-bond acceptors (Lipinski definition) is 2. The molecule has 0 unspecified atom stereocenters. The molecule has 0 heterocycles. The summed E-state index contributed by atoms with van der Waals surface area (Å²) in [5.74, 6) is -0.0674. The van der Waals surface area contributed by atoms with E-state index < -0.39 is 15.8 Å². The molecular formula is C14H19BrFNO2S. The van der Waals surface area contributed by atoms with Gasteiger partial charge in [0.15, 0.2) is 0 Å². The summed E-state index contributed by atoms with van der Waals surface area (Å²) in [6.07, 6.45) is 3.73. The van der Waals surface area contributed by atoms with Crippen molar-refractivity contribution in [3.8, 4) is 0 Å². The van der Waals surface area contributed by atoms with Crippen molar-refractivity contribution in [2.75, 3.05) is 7.05 Å². The molecule has 112 valence electrons. The lowest BCUT2D eigenvalue weighted by Crippen LogP contribution is -2.39. The summed E-state index contributed by atoms with van der Waals surface area (Å²) < 4.78 is 40.8. The van der Waals surface area contributed by atoms with Crippen molar-refractivity contribution in [2.45, 2.75) is 43.5 Å². The van der Waals surface area contributed by atoms with Gasteiger partial charge in [-0.05, 0) is 49.8 Å². The van der Waals surface area contributed by atoms with E-state index in [1.807, 2.05) is 0 Å². The molecule has 0 radical (unpaired) electrons. The lowest BCUT2D eigenvalue weighted by Gasteiger charge is -2.32. The van der Waals surface area contributed by atoms with Crippen molar-refractivity contribution in [3.63, 3.8) is 0 Å². The summed E-state index contributed by atoms with van der Waals surface area (Å²) in [4.78, 5) is -0.248. The molecule has 0 spiro atoms. The standard InChI is InChI=1S/C14H19BrFNO2S/c1-10-3-6-12(7-4-10)17(2)20(18,19)14-8-5-11(15)9-13(14)16/h5,8-10,12H,3-4,6-7H2,1-2H3. The SMILES string of the molecule is CC1CCC(N(C)S(=O)(=O)c2ccc(Br)cc2F)CC1. The van der Waals surface area contributed by atoms with Gasteiger partial charge in [0.2, 0.25) is 10.0 Å². The Morgan fingerprint density at radius 1 is 1.25 bits per heavy atom. The molecule has 2 rings (SSSR count). The van der Waals surface area contributed by atoms with Gasteiger partial charge in [0, 0.05) is 17.6 Å². The Hall–Kier alpha value is -0.460. The van der Waals surface area contributed by atoms with Crippen LogP contribution in [0.5, 0.6) is 0 Å². The van der Waals surface area contributed by atoms with E-state index in [4.69, 9.17) is 0 Å². The molecule has 6 heteroatoms. The quantitative estimate of drug-likeness (QED) is 0.819. The molecule has 0 amide bonds. The van der Waals surface area contributed by atoms with Crippen LogP contribution in [0.15, 0.2) is 27.6 Å². The number of benzene rings is 1. The third kappa shape index (κ3) is 3.23. The molecule has 0 aromatic heterocycles. The predicted octanol–water partition coefficient (Wildman–Crippen LogP) is 3.79. The number of halogens is 2. The normalized spacial score (nSPS) is 24.1. The maximum atomic E-state index is 13.9. The van der Waals surface area contributed by atoms with Gasteiger partial charge in [-0.2, -0.15) is 4.31 Å². The molecular weight excluding hydrogens is 345 g/mol. The Morgan fingerprint density at radius 2 is 1.85 bits per heavy atom. The van der Waals surface area contributed by atoms with Gasteiger partial charge in [0.1, 0.15) is 10.7 Å². The lowest BCUT2D eigenvalue weighted by molar-refractivity contribution is 0.245. The Labute approximate surface area is 128 Å². The van der Waals surface area contributed by atoms with Gasteiger partial charge in [0.25, 0.3) is 0 Å². The van der Waals surface area contributed by atoms with Crippen molar-refractivity contribution in [3.05, 3.63) is 28.5 Å². The van der Waals surface area contributed by atoms with E-state index in [-0.39, 0.29) is 10.9 Å². The van der Waals surface area contributed by atoms with Crippen LogP contribution in [0.4, 0.5) is 4.39 Å². The molecule has 1 fully saturated rings. The molecule has 20 heavy (non-hydrogen) atoms. The minimum absolute atomic E-state index is 0.0285. The van der Waals surface area contributed by atoms with Crippen LogP contribution in [-0.4, -0.2) is 25.8 Å². The Kier molecular flexibility index (Phi) is 4.87. The molecule has 0 aliphatic heterocycles. The average molecular weight is 364 g/mol. The monoisotopic (exact) mass is 363 g/mol. The van der Waals surface area contributed by atoms with Gasteiger partial charge in [-0.15, -0.1) is 0 Å². The Bertz CT molecular complexity index is 583. The summed E-state index contributed by atoms with van der Waals surface area (Å²) in [5.41, 5.74) is 0. The average Bonchev–Trinajstić information content (AvgIpc) is 2.38. The highest BCUT2D eigenvalue weighted by Crippen LogP contribution is 2.30. The van der Waals surface area contributed by atoms with Crippen molar-refractivity contribution >= 4 is 26.0 Å². The highest BCUT2D eigenvalue weighted by Gasteiger charge is 2.32. The lowest BCUT2D eigenvalue weighted by atomic mass is 9.87. The maximum absolute atomic E-state index is 13.9. The number of rotatable bonds is 3. The van der Waals surface area contributed by atoms with Crippen LogP contribution < -0.4 is 0 Å². The minimum Gasteiger partial charge on any atom is -0.207 e. The summed E-state index contributed by atoms with van der Waals surface area (Å²) in [5, 5.41) is 0. The van der Waals surface area contributed by atoms with Crippen molar-refractivity contribution < 1.29 is 12.8 Å². The smallest absolute Gasteiger partial charge is 0.207 e. The second-order valence-corrected chi connectivity index (χ2v) is 8.39. The van der Waals surface area contributed by atoms with Crippen LogP contribution in [0, 0.1) is 11.7 Å². The third-order valence-corrected chi connectivity index (χ3v) is 6.49. The molecule has 0 bridgehead atoms. The number of nitrogens with zero attached hydrogens (tertiary/aromatic N) is 1. The first kappa shape index (κ1) is 15.9. The van der Waals surface area contributed by atoms with Crippen LogP contribution in [0.1, 0.15) is 32.6 Å². The van der Waals surface area contributed by atoms with E-state index in [1.54, 1.807) is 13.1 Å². The highest BCUT2D eigenvalue weighted by molar-refractivity contribution is 9.10. The Balaban J connectivity index is 2.25. The first-order chi connectivity index (χ1) is 9.32. The van der Waals surface area contributed by atoms with Crippen molar-refractivity contribution in [2.24, 2.45) is 5.92 Å². The fraction of sp³-hybridized carbons (Fsp3) is 0.571. The number of sulfonamides is 1. The van der Waals surface area contributed by atoms with Gasteiger partial charge in [-0.25, -0.2) is 12.8 Å². The maximum Gasteiger partial charge on any atom is 0.245 e. The molecule has 1 aromatic rings. The molecule has 1 aliphatic rings. The summed E-state index contributed by atoms with van der Waals surface area (Å²) >= 11 is 3.13. The molecule has 0 atom stereocenters. The van der Waals surface area contributed by atoms with E-state index in [2.05, 4.69) is 22.9 Å². The largest absolute Gasteiger partial charge is 0.245 e. The molecule has 0 saturated heterocycles. The first-order valence-electron chi connectivity index (χ1n) is 6.75. The van der Waals surface area contributed by atoms with Gasteiger partial charge in [-0.3, -0.25) is 0 Å². The van der Waals surface area contributed by atoms with Gasteiger partial charge in [-0.1, -0.05) is 22.9 Å². The van der Waals surface area contributed by atoms with E-state index in [0.29, 0.717) is 10.4 Å². The fourth-order valence-electron chi connectivity index (χ4n) is 2.64. The zero-order valence-electron chi connectivity index (χ0n) is 11.6. The summed E-state index contributed by atoms with van der Waals surface area (Å²) in [6, 6.07) is 4.02.